The molecule has 0 saturated carbocycles. The third-order valence-corrected chi connectivity index (χ3v) is 6.97. The van der Waals surface area contributed by atoms with Gasteiger partial charge in [0.15, 0.2) is 0 Å². The van der Waals surface area contributed by atoms with Crippen LogP contribution >= 0.6 is 34.3 Å². The van der Waals surface area contributed by atoms with Gasteiger partial charge in [-0.15, -0.1) is 22.7 Å². The molecule has 3 heterocycles. The number of carbonyl (C=O) groups excluding carboxylic acids is 2. The van der Waals surface area contributed by atoms with Gasteiger partial charge in [-0.3, -0.25) is 9.59 Å². The van der Waals surface area contributed by atoms with Gasteiger partial charge in [0.05, 0.1) is 17.6 Å². The van der Waals surface area contributed by atoms with Crippen LogP contribution in [0.25, 0.3) is 9.88 Å². The van der Waals surface area contributed by atoms with Gasteiger partial charge in [-0.1, -0.05) is 17.7 Å². The van der Waals surface area contributed by atoms with Crippen LogP contribution in [0.3, 0.4) is 0 Å². The first-order valence-corrected chi connectivity index (χ1v) is 11.2. The Bertz CT molecular complexity index is 980. The smallest absolute Gasteiger partial charge is 0.263 e. The van der Waals surface area contributed by atoms with E-state index in [1.807, 2.05) is 41.8 Å². The summed E-state index contributed by atoms with van der Waals surface area (Å²) in [7, 11) is 0. The average molecular weight is 447 g/mol. The molecule has 0 aliphatic carbocycles. The Labute approximate surface area is 181 Å². The molecular formula is C20H19ClN4O2S2. The lowest BCUT2D eigenvalue weighted by Crippen LogP contribution is -2.51. The molecule has 3 aromatic rings. The van der Waals surface area contributed by atoms with Gasteiger partial charge in [-0.25, -0.2) is 4.98 Å². The van der Waals surface area contributed by atoms with Crippen molar-refractivity contribution in [2.24, 2.45) is 0 Å². The van der Waals surface area contributed by atoms with Gasteiger partial charge in [-0.05, 0) is 35.7 Å². The van der Waals surface area contributed by atoms with Crippen molar-refractivity contribution in [3.8, 4) is 9.88 Å². The van der Waals surface area contributed by atoms with Crippen LogP contribution in [0.1, 0.15) is 9.67 Å². The minimum atomic E-state index is -0.265. The maximum Gasteiger partial charge on any atom is 0.263 e. The highest BCUT2D eigenvalue weighted by atomic mass is 35.5. The first-order chi connectivity index (χ1) is 14.1. The number of hydrogen-bond donors (Lipinski definition) is 1. The Balaban J connectivity index is 1.26. The predicted molar refractivity (Wildman–Crippen MR) is 118 cm³/mol. The summed E-state index contributed by atoms with van der Waals surface area (Å²) in [6, 6.07) is 11.6. The van der Waals surface area contributed by atoms with Crippen molar-refractivity contribution in [2.45, 2.75) is 0 Å². The topological polar surface area (TPSA) is 65.5 Å². The van der Waals surface area contributed by atoms with Gasteiger partial charge >= 0.3 is 0 Å². The second kappa shape index (κ2) is 8.94. The fourth-order valence-electron chi connectivity index (χ4n) is 3.11. The minimum absolute atomic E-state index is 0.00792. The number of thiazole rings is 1. The lowest BCUT2D eigenvalue weighted by atomic mass is 10.2. The number of rotatable bonds is 5. The molecule has 0 radical (unpaired) electrons. The standard InChI is InChI=1S/C20H19ClN4O2S2/c21-14-3-5-15(6-4-14)24-7-9-25(10-8-24)18(26)13-22-19(27)17-12-23-20(29-17)16-2-1-11-28-16/h1-6,11-12H,7-10,13H2,(H,22,27). The van der Waals surface area contributed by atoms with E-state index in [1.54, 1.807) is 22.4 Å². The number of thiophene rings is 1. The summed E-state index contributed by atoms with van der Waals surface area (Å²) in [4.78, 5) is 34.7. The molecule has 0 atom stereocenters. The van der Waals surface area contributed by atoms with E-state index >= 15 is 0 Å². The zero-order chi connectivity index (χ0) is 20.2. The van der Waals surface area contributed by atoms with Gasteiger partial charge in [0.25, 0.3) is 5.91 Å². The molecule has 1 aliphatic heterocycles. The minimum Gasteiger partial charge on any atom is -0.368 e. The Morgan fingerprint density at radius 2 is 1.86 bits per heavy atom. The number of carbonyl (C=O) groups is 2. The van der Waals surface area contributed by atoms with Crippen molar-refractivity contribution in [3.05, 3.63) is 57.9 Å². The molecule has 4 rings (SSSR count). The number of aromatic nitrogens is 1. The summed E-state index contributed by atoms with van der Waals surface area (Å²) < 4.78 is 0. The summed E-state index contributed by atoms with van der Waals surface area (Å²) in [5, 5.41) is 6.22. The molecule has 2 aromatic heterocycles. The lowest BCUT2D eigenvalue weighted by Gasteiger charge is -2.36. The van der Waals surface area contributed by atoms with E-state index in [0.29, 0.717) is 23.0 Å². The van der Waals surface area contributed by atoms with E-state index < -0.39 is 0 Å². The Morgan fingerprint density at radius 3 is 2.55 bits per heavy atom. The van der Waals surface area contributed by atoms with Crippen molar-refractivity contribution >= 4 is 51.8 Å². The summed E-state index contributed by atoms with van der Waals surface area (Å²) in [5.41, 5.74) is 1.10. The Morgan fingerprint density at radius 1 is 1.10 bits per heavy atom. The highest BCUT2D eigenvalue weighted by Gasteiger charge is 2.22. The monoisotopic (exact) mass is 446 g/mol. The lowest BCUT2D eigenvalue weighted by molar-refractivity contribution is -0.130. The predicted octanol–water partition coefficient (Wildman–Crippen LogP) is 3.60. The van der Waals surface area contributed by atoms with E-state index in [0.717, 1.165) is 28.7 Å². The zero-order valence-electron chi connectivity index (χ0n) is 15.5. The number of halogens is 1. The number of anilines is 1. The highest BCUT2D eigenvalue weighted by molar-refractivity contribution is 7.22. The molecule has 29 heavy (non-hydrogen) atoms. The molecule has 150 valence electrons. The van der Waals surface area contributed by atoms with Crippen LogP contribution in [0, 0.1) is 0 Å². The third-order valence-electron chi connectivity index (χ3n) is 4.69. The molecule has 0 unspecified atom stereocenters. The Hall–Kier alpha value is -2.42. The largest absolute Gasteiger partial charge is 0.368 e. The summed E-state index contributed by atoms with van der Waals surface area (Å²) in [6.45, 7) is 2.74. The van der Waals surface area contributed by atoms with Crippen LogP contribution in [0.5, 0.6) is 0 Å². The van der Waals surface area contributed by atoms with Crippen molar-refractivity contribution < 1.29 is 9.59 Å². The summed E-state index contributed by atoms with van der Waals surface area (Å²) in [5.74, 6) is -0.337. The van der Waals surface area contributed by atoms with Crippen molar-refractivity contribution in [2.75, 3.05) is 37.6 Å². The van der Waals surface area contributed by atoms with Crippen LogP contribution in [-0.4, -0.2) is 54.4 Å². The van der Waals surface area contributed by atoms with Crippen molar-refractivity contribution in [1.82, 2.24) is 15.2 Å². The molecule has 9 heteroatoms. The van der Waals surface area contributed by atoms with Gasteiger partial charge in [0.1, 0.15) is 9.88 Å². The zero-order valence-corrected chi connectivity index (χ0v) is 17.9. The summed E-state index contributed by atoms with van der Waals surface area (Å²) in [6.07, 6.45) is 1.56. The Kier molecular flexibility index (Phi) is 6.13. The number of piperazine rings is 1. The van der Waals surface area contributed by atoms with E-state index in [4.69, 9.17) is 11.6 Å². The number of nitrogens with one attached hydrogen (secondary N) is 1. The first kappa shape index (κ1) is 19.9. The summed E-state index contributed by atoms with van der Waals surface area (Å²) >= 11 is 8.85. The molecule has 1 aliphatic rings. The van der Waals surface area contributed by atoms with Crippen LogP contribution in [0.15, 0.2) is 48.0 Å². The van der Waals surface area contributed by atoms with E-state index in [2.05, 4.69) is 15.2 Å². The molecule has 1 saturated heterocycles. The third kappa shape index (κ3) is 4.77. The molecular weight excluding hydrogens is 428 g/mol. The SMILES string of the molecule is O=C(NCC(=O)N1CCN(c2ccc(Cl)cc2)CC1)c1cnc(-c2cccs2)s1. The molecule has 1 aromatic carbocycles. The maximum atomic E-state index is 12.5. The van der Waals surface area contributed by atoms with Crippen LogP contribution in [0.4, 0.5) is 5.69 Å². The van der Waals surface area contributed by atoms with Crippen LogP contribution < -0.4 is 10.2 Å². The molecule has 0 spiro atoms. The van der Waals surface area contributed by atoms with Crippen molar-refractivity contribution in [3.63, 3.8) is 0 Å². The second-order valence-electron chi connectivity index (χ2n) is 6.53. The molecule has 1 N–H and O–H groups in total. The molecule has 0 bridgehead atoms. The fourth-order valence-corrected chi connectivity index (χ4v) is 4.88. The number of amides is 2. The van der Waals surface area contributed by atoms with E-state index in [1.165, 1.54) is 11.3 Å². The van der Waals surface area contributed by atoms with Gasteiger partial charge in [0, 0.05) is 36.9 Å². The average Bonchev–Trinajstić information content (AvgIpc) is 3.44. The van der Waals surface area contributed by atoms with Crippen LogP contribution in [-0.2, 0) is 4.79 Å². The number of hydrogen-bond acceptors (Lipinski definition) is 6. The maximum absolute atomic E-state index is 12.5. The highest BCUT2D eigenvalue weighted by Crippen LogP contribution is 2.28. The molecule has 6 nitrogen and oxygen atoms in total. The second-order valence-corrected chi connectivity index (χ2v) is 8.95. The van der Waals surface area contributed by atoms with Gasteiger partial charge < -0.3 is 15.1 Å². The first-order valence-electron chi connectivity index (χ1n) is 9.16. The van der Waals surface area contributed by atoms with E-state index in [9.17, 15) is 9.59 Å². The molecule has 1 fully saturated rings. The quantitative estimate of drug-likeness (QED) is 0.650. The molecule has 2 amide bonds. The van der Waals surface area contributed by atoms with E-state index in [-0.39, 0.29) is 18.4 Å². The van der Waals surface area contributed by atoms with Crippen molar-refractivity contribution in [1.29, 1.82) is 0 Å². The van der Waals surface area contributed by atoms with Crippen LogP contribution in [0.2, 0.25) is 5.02 Å². The van der Waals surface area contributed by atoms with Gasteiger partial charge in [-0.2, -0.15) is 0 Å². The normalized spacial score (nSPS) is 14.1. The number of benzene rings is 1. The fraction of sp³-hybridized carbons (Fsp3) is 0.250. The number of nitrogens with zero attached hydrogens (tertiary/aromatic N) is 3. The van der Waals surface area contributed by atoms with Gasteiger partial charge in [0.2, 0.25) is 5.91 Å².